The molecule has 1 N–H and O–H groups in total. The molecule has 1 aliphatic rings. The molecule has 0 aromatic carbocycles. The van der Waals surface area contributed by atoms with Gasteiger partial charge < -0.3 is 10.1 Å². The first kappa shape index (κ1) is 11.6. The molecule has 2 nitrogen and oxygen atoms in total. The molecule has 0 spiro atoms. The van der Waals surface area contributed by atoms with Crippen LogP contribution in [0.25, 0.3) is 0 Å². The molecule has 1 fully saturated rings. The van der Waals surface area contributed by atoms with E-state index in [0.29, 0.717) is 12.0 Å². The molecule has 0 amide bonds. The monoisotopic (exact) mass is 289 g/mol. The zero-order chi connectivity index (χ0) is 10.7. The van der Waals surface area contributed by atoms with Crippen molar-refractivity contribution in [2.45, 2.75) is 18.9 Å². The van der Waals surface area contributed by atoms with Gasteiger partial charge in [0.1, 0.15) is 0 Å². The van der Waals surface area contributed by atoms with E-state index in [9.17, 15) is 0 Å². The number of thiophene rings is 1. The van der Waals surface area contributed by atoms with E-state index in [4.69, 9.17) is 4.74 Å². The van der Waals surface area contributed by atoms with Gasteiger partial charge in [-0.15, -0.1) is 11.3 Å². The second kappa shape index (κ2) is 5.43. The van der Waals surface area contributed by atoms with Gasteiger partial charge in [-0.3, -0.25) is 0 Å². The van der Waals surface area contributed by atoms with Gasteiger partial charge in [-0.1, -0.05) is 0 Å². The Morgan fingerprint density at radius 1 is 1.47 bits per heavy atom. The van der Waals surface area contributed by atoms with Gasteiger partial charge in [0.05, 0.1) is 3.79 Å². The largest absolute Gasteiger partial charge is 0.381 e. The summed E-state index contributed by atoms with van der Waals surface area (Å²) in [5.41, 5.74) is 0. The number of hydrogen-bond acceptors (Lipinski definition) is 3. The lowest BCUT2D eigenvalue weighted by molar-refractivity contribution is 0.0550. The molecule has 2 rings (SSSR count). The Morgan fingerprint density at radius 3 is 2.73 bits per heavy atom. The molecule has 4 heteroatoms. The summed E-state index contributed by atoms with van der Waals surface area (Å²) in [6.07, 6.45) is 2.34. The van der Waals surface area contributed by atoms with Crippen LogP contribution in [-0.2, 0) is 4.74 Å². The third kappa shape index (κ3) is 2.81. The van der Waals surface area contributed by atoms with Gasteiger partial charge in [0, 0.05) is 24.1 Å². The summed E-state index contributed by atoms with van der Waals surface area (Å²) in [7, 11) is 2.05. The van der Waals surface area contributed by atoms with Crippen molar-refractivity contribution >= 4 is 27.3 Å². The average Bonchev–Trinajstić information content (AvgIpc) is 2.68. The van der Waals surface area contributed by atoms with Gasteiger partial charge >= 0.3 is 0 Å². The minimum absolute atomic E-state index is 0.491. The minimum Gasteiger partial charge on any atom is -0.381 e. The van der Waals surface area contributed by atoms with E-state index < -0.39 is 0 Å². The van der Waals surface area contributed by atoms with Gasteiger partial charge in [0.25, 0.3) is 0 Å². The molecular formula is C11H16BrNOS. The summed E-state index contributed by atoms with van der Waals surface area (Å²) in [6.45, 7) is 1.82. The van der Waals surface area contributed by atoms with Crippen molar-refractivity contribution < 1.29 is 4.74 Å². The maximum atomic E-state index is 5.40. The van der Waals surface area contributed by atoms with Gasteiger partial charge in [-0.05, 0) is 53.9 Å². The highest BCUT2D eigenvalue weighted by molar-refractivity contribution is 9.11. The maximum absolute atomic E-state index is 5.40. The number of rotatable bonds is 3. The topological polar surface area (TPSA) is 21.3 Å². The first-order chi connectivity index (χ1) is 7.31. The smallest absolute Gasteiger partial charge is 0.0701 e. The van der Waals surface area contributed by atoms with Crippen molar-refractivity contribution in [2.75, 3.05) is 20.3 Å². The SMILES string of the molecule is CNC(c1ccc(Br)s1)C1CCOCC1. The highest BCUT2D eigenvalue weighted by atomic mass is 79.9. The third-order valence-electron chi connectivity index (χ3n) is 2.95. The van der Waals surface area contributed by atoms with Crippen molar-refractivity contribution in [3.63, 3.8) is 0 Å². The van der Waals surface area contributed by atoms with E-state index in [0.717, 1.165) is 13.2 Å². The molecule has 1 atom stereocenters. The van der Waals surface area contributed by atoms with Crippen LogP contribution in [0, 0.1) is 5.92 Å². The van der Waals surface area contributed by atoms with E-state index in [1.54, 1.807) is 0 Å². The Bertz CT molecular complexity index is 309. The summed E-state index contributed by atoms with van der Waals surface area (Å²) in [5, 5.41) is 3.44. The number of ether oxygens (including phenoxy) is 1. The molecule has 0 radical (unpaired) electrons. The first-order valence-corrected chi connectivity index (χ1v) is 6.92. The van der Waals surface area contributed by atoms with Gasteiger partial charge in [-0.2, -0.15) is 0 Å². The molecule has 1 aromatic rings. The van der Waals surface area contributed by atoms with Crippen molar-refractivity contribution in [3.05, 3.63) is 20.8 Å². The summed E-state index contributed by atoms with van der Waals surface area (Å²) < 4.78 is 6.61. The molecule has 15 heavy (non-hydrogen) atoms. The Hall–Kier alpha value is 0.1000. The third-order valence-corrected chi connectivity index (χ3v) is 4.66. The molecule has 1 aromatic heterocycles. The molecule has 84 valence electrons. The fourth-order valence-corrected chi connectivity index (χ4v) is 3.78. The van der Waals surface area contributed by atoms with Crippen LogP contribution in [0.4, 0.5) is 0 Å². The fourth-order valence-electron chi connectivity index (χ4n) is 2.15. The zero-order valence-corrected chi connectivity index (χ0v) is 11.2. The lowest BCUT2D eigenvalue weighted by Gasteiger charge is -2.29. The van der Waals surface area contributed by atoms with E-state index in [2.05, 4.69) is 33.4 Å². The molecule has 0 aliphatic carbocycles. The lowest BCUT2D eigenvalue weighted by Crippen LogP contribution is -2.29. The quantitative estimate of drug-likeness (QED) is 0.923. The van der Waals surface area contributed by atoms with Crippen LogP contribution in [0.1, 0.15) is 23.8 Å². The van der Waals surface area contributed by atoms with Crippen molar-refractivity contribution in [2.24, 2.45) is 5.92 Å². The zero-order valence-electron chi connectivity index (χ0n) is 8.83. The van der Waals surface area contributed by atoms with Gasteiger partial charge in [0.2, 0.25) is 0 Å². The first-order valence-electron chi connectivity index (χ1n) is 5.31. The minimum atomic E-state index is 0.491. The normalized spacial score (nSPS) is 20.4. The van der Waals surface area contributed by atoms with Crippen molar-refractivity contribution in [1.29, 1.82) is 0 Å². The standard InChI is InChI=1S/C11H16BrNOS/c1-13-11(8-4-6-14-7-5-8)9-2-3-10(12)15-9/h2-3,8,11,13H,4-7H2,1H3. The van der Waals surface area contributed by atoms with Crippen LogP contribution >= 0.6 is 27.3 Å². The Labute approximate surface area is 103 Å². The van der Waals surface area contributed by atoms with Crippen molar-refractivity contribution in [3.8, 4) is 0 Å². The predicted molar refractivity (Wildman–Crippen MR) is 67.4 cm³/mol. The summed E-state index contributed by atoms with van der Waals surface area (Å²) >= 11 is 5.35. The summed E-state index contributed by atoms with van der Waals surface area (Å²) in [4.78, 5) is 1.43. The lowest BCUT2D eigenvalue weighted by atomic mass is 9.91. The molecule has 1 unspecified atom stereocenters. The fraction of sp³-hybridized carbons (Fsp3) is 0.636. The number of halogens is 1. The average molecular weight is 290 g/mol. The molecule has 2 heterocycles. The van der Waals surface area contributed by atoms with Crippen LogP contribution in [0.15, 0.2) is 15.9 Å². The van der Waals surface area contributed by atoms with Gasteiger partial charge in [0.15, 0.2) is 0 Å². The molecule has 0 bridgehead atoms. The molecular weight excluding hydrogens is 274 g/mol. The van der Waals surface area contributed by atoms with E-state index in [1.807, 2.05) is 18.4 Å². The highest BCUT2D eigenvalue weighted by Gasteiger charge is 2.25. The Morgan fingerprint density at radius 2 is 2.20 bits per heavy atom. The van der Waals surface area contributed by atoms with Crippen LogP contribution in [0.3, 0.4) is 0 Å². The summed E-state index contributed by atoms with van der Waals surface area (Å²) in [5.74, 6) is 0.717. The summed E-state index contributed by atoms with van der Waals surface area (Å²) in [6, 6.07) is 4.83. The molecule has 1 saturated heterocycles. The Kier molecular flexibility index (Phi) is 4.20. The van der Waals surface area contributed by atoms with Crippen LogP contribution in [0.5, 0.6) is 0 Å². The Balaban J connectivity index is 2.08. The van der Waals surface area contributed by atoms with Crippen LogP contribution in [0.2, 0.25) is 0 Å². The second-order valence-electron chi connectivity index (χ2n) is 3.86. The predicted octanol–water partition coefficient (Wildman–Crippen LogP) is 3.20. The van der Waals surface area contributed by atoms with E-state index in [1.165, 1.54) is 21.5 Å². The van der Waals surface area contributed by atoms with E-state index >= 15 is 0 Å². The maximum Gasteiger partial charge on any atom is 0.0701 e. The van der Waals surface area contributed by atoms with Crippen LogP contribution < -0.4 is 5.32 Å². The van der Waals surface area contributed by atoms with Gasteiger partial charge in [-0.25, -0.2) is 0 Å². The van der Waals surface area contributed by atoms with Crippen molar-refractivity contribution in [1.82, 2.24) is 5.32 Å². The molecule has 0 saturated carbocycles. The van der Waals surface area contributed by atoms with E-state index in [-0.39, 0.29) is 0 Å². The number of nitrogens with one attached hydrogen (secondary N) is 1. The second-order valence-corrected chi connectivity index (χ2v) is 6.35. The van der Waals surface area contributed by atoms with Crippen LogP contribution in [-0.4, -0.2) is 20.3 Å². The number of hydrogen-bond donors (Lipinski definition) is 1. The molecule has 1 aliphatic heterocycles. The highest BCUT2D eigenvalue weighted by Crippen LogP contribution is 2.35.